The number of hydrazine groups is 1. The first kappa shape index (κ1) is 10.7. The van der Waals surface area contributed by atoms with Crippen LogP contribution in [0.1, 0.15) is 45.4 Å². The highest BCUT2D eigenvalue weighted by molar-refractivity contribution is 5.80. The Morgan fingerprint density at radius 2 is 2.00 bits per heavy atom. The smallest absolute Gasteiger partial charge is 0.208 e. The van der Waals surface area contributed by atoms with Gasteiger partial charge >= 0.3 is 0 Å². The van der Waals surface area contributed by atoms with Crippen LogP contribution in [0.3, 0.4) is 0 Å². The molecule has 0 aromatic carbocycles. The van der Waals surface area contributed by atoms with Gasteiger partial charge in [-0.1, -0.05) is 12.8 Å². The second kappa shape index (κ2) is 4.84. The van der Waals surface area contributed by atoms with Crippen LogP contribution in [0.4, 0.5) is 0 Å². The largest absolute Gasteiger partial charge is 0.339 e. The molecule has 4 heteroatoms. The van der Waals surface area contributed by atoms with E-state index in [9.17, 15) is 0 Å². The van der Waals surface area contributed by atoms with Gasteiger partial charge in [0.15, 0.2) is 0 Å². The number of nitrogens with zero attached hydrogens (tertiary/aromatic N) is 2. The Bertz CT molecular complexity index is 229. The van der Waals surface area contributed by atoms with Crippen molar-refractivity contribution < 1.29 is 0 Å². The molecule has 2 aliphatic rings. The second-order valence-electron chi connectivity index (χ2n) is 4.55. The first-order valence-electron chi connectivity index (χ1n) is 6.16. The van der Waals surface area contributed by atoms with Gasteiger partial charge in [0.25, 0.3) is 0 Å². The van der Waals surface area contributed by atoms with E-state index in [-0.39, 0.29) is 0 Å². The zero-order chi connectivity index (χ0) is 10.7. The van der Waals surface area contributed by atoms with Crippen LogP contribution < -0.4 is 11.3 Å². The van der Waals surface area contributed by atoms with E-state index in [0.29, 0.717) is 12.1 Å². The highest BCUT2D eigenvalue weighted by Crippen LogP contribution is 2.26. The lowest BCUT2D eigenvalue weighted by Gasteiger charge is -2.30. The van der Waals surface area contributed by atoms with Crippen LogP contribution in [0.5, 0.6) is 0 Å². The quantitative estimate of drug-likeness (QED) is 0.319. The van der Waals surface area contributed by atoms with E-state index in [1.807, 2.05) is 0 Å². The minimum atomic E-state index is 0.534. The molecule has 0 radical (unpaired) electrons. The van der Waals surface area contributed by atoms with Crippen molar-refractivity contribution in [3.05, 3.63) is 0 Å². The van der Waals surface area contributed by atoms with Gasteiger partial charge in [-0.2, -0.15) is 0 Å². The van der Waals surface area contributed by atoms with Gasteiger partial charge in [0, 0.05) is 12.6 Å². The van der Waals surface area contributed by atoms with Crippen LogP contribution in [0.2, 0.25) is 0 Å². The van der Waals surface area contributed by atoms with E-state index in [0.717, 1.165) is 12.5 Å². The van der Waals surface area contributed by atoms with Crippen molar-refractivity contribution in [1.82, 2.24) is 10.3 Å². The van der Waals surface area contributed by atoms with Crippen LogP contribution in [0.25, 0.3) is 0 Å². The fraction of sp³-hybridized carbons (Fsp3) is 0.909. The molecule has 0 amide bonds. The monoisotopic (exact) mass is 210 g/mol. The Kier molecular flexibility index (Phi) is 3.46. The van der Waals surface area contributed by atoms with Crippen LogP contribution >= 0.6 is 0 Å². The van der Waals surface area contributed by atoms with Crippen molar-refractivity contribution in [3.63, 3.8) is 0 Å². The summed E-state index contributed by atoms with van der Waals surface area (Å²) in [4.78, 5) is 6.97. The average Bonchev–Trinajstić information content (AvgIpc) is 2.91. The maximum atomic E-state index is 5.57. The van der Waals surface area contributed by atoms with E-state index in [4.69, 9.17) is 5.84 Å². The molecule has 0 aromatic heterocycles. The van der Waals surface area contributed by atoms with E-state index >= 15 is 0 Å². The summed E-state index contributed by atoms with van der Waals surface area (Å²) >= 11 is 0. The fourth-order valence-electron chi connectivity index (χ4n) is 2.37. The summed E-state index contributed by atoms with van der Waals surface area (Å²) in [5, 5.41) is 0. The Morgan fingerprint density at radius 3 is 2.47 bits per heavy atom. The van der Waals surface area contributed by atoms with Crippen molar-refractivity contribution in [1.29, 1.82) is 0 Å². The molecule has 4 nitrogen and oxygen atoms in total. The molecule has 0 unspecified atom stereocenters. The van der Waals surface area contributed by atoms with Gasteiger partial charge in [-0.15, -0.1) is 0 Å². The first-order valence-corrected chi connectivity index (χ1v) is 6.16. The summed E-state index contributed by atoms with van der Waals surface area (Å²) in [6, 6.07) is 1.19. The molecule has 3 N–H and O–H groups in total. The number of nitrogens with one attached hydrogen (secondary N) is 1. The van der Waals surface area contributed by atoms with Gasteiger partial charge in [-0.05, 0) is 32.6 Å². The predicted molar refractivity (Wildman–Crippen MR) is 62.4 cm³/mol. The van der Waals surface area contributed by atoms with Gasteiger partial charge in [0.1, 0.15) is 0 Å². The van der Waals surface area contributed by atoms with Crippen LogP contribution in [0.15, 0.2) is 4.99 Å². The number of rotatable bonds is 3. The summed E-state index contributed by atoms with van der Waals surface area (Å²) in [6.45, 7) is 3.18. The molecule has 2 saturated carbocycles. The minimum absolute atomic E-state index is 0.534. The van der Waals surface area contributed by atoms with Crippen molar-refractivity contribution in [3.8, 4) is 0 Å². The third-order valence-electron chi connectivity index (χ3n) is 3.36. The lowest BCUT2D eigenvalue weighted by Crippen LogP contribution is -2.49. The minimum Gasteiger partial charge on any atom is -0.339 e. The molecule has 0 spiro atoms. The zero-order valence-corrected chi connectivity index (χ0v) is 9.58. The zero-order valence-electron chi connectivity index (χ0n) is 9.58. The van der Waals surface area contributed by atoms with Gasteiger partial charge in [-0.3, -0.25) is 5.43 Å². The molecule has 0 atom stereocenters. The third-order valence-corrected chi connectivity index (χ3v) is 3.36. The normalized spacial score (nSPS) is 23.2. The van der Waals surface area contributed by atoms with Gasteiger partial charge in [0.2, 0.25) is 5.96 Å². The molecule has 0 heterocycles. The van der Waals surface area contributed by atoms with Crippen molar-refractivity contribution >= 4 is 5.96 Å². The standard InChI is InChI=1S/C11H22N4/c1-2-15(10-5-3-4-6-10)11(14-12)13-9-7-8-9/h9-10H,2-8,12H2,1H3,(H,13,14). The SMILES string of the molecule is CCN(C(=NC1CC1)NN)C1CCCC1. The van der Waals surface area contributed by atoms with E-state index in [1.165, 1.54) is 38.5 Å². The van der Waals surface area contributed by atoms with Crippen molar-refractivity contribution in [2.45, 2.75) is 57.5 Å². The Morgan fingerprint density at radius 1 is 1.33 bits per heavy atom. The molecule has 0 saturated heterocycles. The summed E-state index contributed by atoms with van der Waals surface area (Å²) in [5.41, 5.74) is 2.78. The van der Waals surface area contributed by atoms with E-state index in [1.54, 1.807) is 0 Å². The molecule has 15 heavy (non-hydrogen) atoms. The molecule has 0 aliphatic heterocycles. The summed E-state index contributed by atoms with van der Waals surface area (Å²) in [6.07, 6.45) is 7.74. The van der Waals surface area contributed by atoms with Crippen LogP contribution in [-0.2, 0) is 0 Å². The maximum Gasteiger partial charge on any atom is 0.208 e. The number of nitrogens with two attached hydrogens (primary N) is 1. The topological polar surface area (TPSA) is 53.6 Å². The average molecular weight is 210 g/mol. The van der Waals surface area contributed by atoms with Gasteiger partial charge in [-0.25, -0.2) is 10.8 Å². The summed E-state index contributed by atoms with van der Waals surface area (Å²) in [7, 11) is 0. The number of guanidine groups is 1. The third kappa shape index (κ3) is 2.62. The number of aliphatic imine (C=N–C) groups is 1. The highest BCUT2D eigenvalue weighted by Gasteiger charge is 2.27. The second-order valence-corrected chi connectivity index (χ2v) is 4.55. The predicted octanol–water partition coefficient (Wildman–Crippen LogP) is 1.23. The fourth-order valence-corrected chi connectivity index (χ4v) is 2.37. The van der Waals surface area contributed by atoms with Gasteiger partial charge < -0.3 is 4.90 Å². The van der Waals surface area contributed by atoms with E-state index < -0.39 is 0 Å². The molecular formula is C11H22N4. The molecule has 2 aliphatic carbocycles. The number of hydrogen-bond donors (Lipinski definition) is 2. The van der Waals surface area contributed by atoms with E-state index in [2.05, 4.69) is 22.2 Å². The molecule has 0 bridgehead atoms. The first-order chi connectivity index (χ1) is 7.35. The Hall–Kier alpha value is -0.770. The lowest BCUT2D eigenvalue weighted by molar-refractivity contribution is 0.317. The maximum absolute atomic E-state index is 5.57. The molecular weight excluding hydrogens is 188 g/mol. The molecule has 86 valence electrons. The Labute approximate surface area is 91.9 Å². The molecule has 0 aromatic rings. The molecule has 2 rings (SSSR count). The molecule has 2 fully saturated rings. The Balaban J connectivity index is 2.01. The van der Waals surface area contributed by atoms with Gasteiger partial charge in [0.05, 0.1) is 6.04 Å². The van der Waals surface area contributed by atoms with Crippen LogP contribution in [0, 0.1) is 0 Å². The number of hydrogen-bond acceptors (Lipinski definition) is 2. The van der Waals surface area contributed by atoms with Crippen molar-refractivity contribution in [2.24, 2.45) is 10.8 Å². The van der Waals surface area contributed by atoms with Crippen LogP contribution in [-0.4, -0.2) is 29.5 Å². The summed E-state index contributed by atoms with van der Waals surface area (Å²) in [5.74, 6) is 6.48. The van der Waals surface area contributed by atoms with Crippen molar-refractivity contribution in [2.75, 3.05) is 6.54 Å². The lowest BCUT2D eigenvalue weighted by atomic mass is 10.2. The summed E-state index contributed by atoms with van der Waals surface area (Å²) < 4.78 is 0. The highest BCUT2D eigenvalue weighted by atomic mass is 15.4.